The first-order chi connectivity index (χ1) is 10.6. The number of anilines is 1. The van der Waals surface area contributed by atoms with Crippen molar-refractivity contribution in [2.45, 2.75) is 38.1 Å². The van der Waals surface area contributed by atoms with Crippen molar-refractivity contribution in [2.75, 3.05) is 25.0 Å². The van der Waals surface area contributed by atoms with Crippen LogP contribution in [0.15, 0.2) is 17.2 Å². The Morgan fingerprint density at radius 1 is 1.32 bits per heavy atom. The Labute approximate surface area is 130 Å². The van der Waals surface area contributed by atoms with Crippen molar-refractivity contribution >= 4 is 11.7 Å². The van der Waals surface area contributed by atoms with Gasteiger partial charge in [-0.2, -0.15) is 0 Å². The maximum Gasteiger partial charge on any atom is 0.293 e. The fourth-order valence-electron chi connectivity index (χ4n) is 3.29. The summed E-state index contributed by atoms with van der Waals surface area (Å²) in [5.41, 5.74) is -0.0730. The molecule has 0 bridgehead atoms. The summed E-state index contributed by atoms with van der Waals surface area (Å²) < 4.78 is 1.55. The van der Waals surface area contributed by atoms with Gasteiger partial charge in [-0.25, -0.2) is 4.98 Å². The largest absolute Gasteiger partial charge is 0.350 e. The average Bonchev–Trinajstić information content (AvgIpc) is 2.47. The number of carbonyl (C=O) groups excluding carboxylic acids is 1. The Bertz CT molecular complexity index is 608. The first-order valence-electron chi connectivity index (χ1n) is 8.11. The molecule has 22 heavy (non-hydrogen) atoms. The van der Waals surface area contributed by atoms with E-state index in [2.05, 4.69) is 4.98 Å². The molecule has 2 fully saturated rings. The van der Waals surface area contributed by atoms with Crippen molar-refractivity contribution in [3.63, 3.8) is 0 Å². The van der Waals surface area contributed by atoms with Gasteiger partial charge in [-0.3, -0.25) is 9.59 Å². The van der Waals surface area contributed by atoms with Gasteiger partial charge in [0.2, 0.25) is 5.91 Å². The smallest absolute Gasteiger partial charge is 0.293 e. The third-order valence-electron chi connectivity index (χ3n) is 5.04. The number of piperidine rings is 1. The van der Waals surface area contributed by atoms with Crippen LogP contribution in [0, 0.1) is 5.92 Å². The Hall–Kier alpha value is -1.85. The molecule has 120 valence electrons. The molecule has 6 nitrogen and oxygen atoms in total. The molecule has 1 aromatic heterocycles. The zero-order valence-corrected chi connectivity index (χ0v) is 13.4. The van der Waals surface area contributed by atoms with Gasteiger partial charge in [0.1, 0.15) is 0 Å². The molecule has 1 unspecified atom stereocenters. The topological polar surface area (TPSA) is 58.4 Å². The quantitative estimate of drug-likeness (QED) is 0.836. The van der Waals surface area contributed by atoms with Crippen LogP contribution in [0.5, 0.6) is 0 Å². The van der Waals surface area contributed by atoms with E-state index in [1.807, 2.05) is 16.8 Å². The van der Waals surface area contributed by atoms with Gasteiger partial charge in [0.05, 0.1) is 0 Å². The summed E-state index contributed by atoms with van der Waals surface area (Å²) in [6, 6.07) is 0.175. The van der Waals surface area contributed by atoms with Crippen LogP contribution in [0.1, 0.15) is 32.1 Å². The van der Waals surface area contributed by atoms with E-state index in [0.717, 1.165) is 32.2 Å². The average molecular weight is 304 g/mol. The Kier molecular flexibility index (Phi) is 4.18. The van der Waals surface area contributed by atoms with Crippen molar-refractivity contribution in [3.8, 4) is 0 Å². The summed E-state index contributed by atoms with van der Waals surface area (Å²) in [4.78, 5) is 32.8. The number of hydrogen-bond donors (Lipinski definition) is 0. The lowest BCUT2D eigenvalue weighted by Crippen LogP contribution is -2.52. The van der Waals surface area contributed by atoms with Gasteiger partial charge >= 0.3 is 0 Å². The summed E-state index contributed by atoms with van der Waals surface area (Å²) in [7, 11) is 3.65. The highest BCUT2D eigenvalue weighted by Gasteiger charge is 2.33. The van der Waals surface area contributed by atoms with Gasteiger partial charge in [-0.1, -0.05) is 6.42 Å². The lowest BCUT2D eigenvalue weighted by molar-refractivity contribution is -0.139. The van der Waals surface area contributed by atoms with Crippen molar-refractivity contribution in [3.05, 3.63) is 22.7 Å². The minimum absolute atomic E-state index is 0.0730. The maximum absolute atomic E-state index is 12.4. The van der Waals surface area contributed by atoms with Crippen molar-refractivity contribution in [2.24, 2.45) is 13.0 Å². The lowest BCUT2D eigenvalue weighted by atomic mass is 9.84. The van der Waals surface area contributed by atoms with E-state index in [9.17, 15) is 9.59 Å². The van der Waals surface area contributed by atoms with E-state index < -0.39 is 0 Å². The molecule has 0 spiro atoms. The molecule has 2 heterocycles. The summed E-state index contributed by atoms with van der Waals surface area (Å²) in [6.45, 7) is 1.52. The number of amides is 1. The summed E-state index contributed by atoms with van der Waals surface area (Å²) in [5.74, 6) is 0.995. The third kappa shape index (κ3) is 2.74. The first kappa shape index (κ1) is 15.1. The van der Waals surface area contributed by atoms with Gasteiger partial charge in [0.15, 0.2) is 5.82 Å². The van der Waals surface area contributed by atoms with E-state index in [1.165, 1.54) is 6.42 Å². The standard InChI is InChI=1S/C16H24N4O2/c1-18-10-8-17-14(16(18)22)20-9-4-7-13(11-20)19(2)15(21)12-5-3-6-12/h8,10,12-13H,3-7,9,11H2,1-2H3. The lowest BCUT2D eigenvalue weighted by Gasteiger charge is -2.40. The molecule has 3 rings (SSSR count). The molecule has 0 N–H and O–H groups in total. The monoisotopic (exact) mass is 304 g/mol. The third-order valence-corrected chi connectivity index (χ3v) is 5.04. The van der Waals surface area contributed by atoms with Crippen molar-refractivity contribution in [1.29, 1.82) is 0 Å². The number of rotatable bonds is 3. The van der Waals surface area contributed by atoms with Gasteiger partial charge < -0.3 is 14.4 Å². The predicted octanol–water partition coefficient (Wildman–Crippen LogP) is 1.01. The van der Waals surface area contributed by atoms with E-state index in [1.54, 1.807) is 24.0 Å². The van der Waals surface area contributed by atoms with E-state index in [4.69, 9.17) is 0 Å². The highest BCUT2D eigenvalue weighted by atomic mass is 16.2. The number of aromatic nitrogens is 2. The second-order valence-electron chi connectivity index (χ2n) is 6.49. The van der Waals surface area contributed by atoms with E-state index in [-0.39, 0.29) is 23.4 Å². The SMILES string of the molecule is CN(C(=O)C1CCC1)C1CCCN(c2nccn(C)c2=O)C1. The molecule has 1 aromatic rings. The molecule has 1 saturated carbocycles. The fourth-order valence-corrected chi connectivity index (χ4v) is 3.29. The van der Waals surface area contributed by atoms with Crippen molar-refractivity contribution in [1.82, 2.24) is 14.5 Å². The highest BCUT2D eigenvalue weighted by molar-refractivity contribution is 5.79. The van der Waals surface area contributed by atoms with Crippen LogP contribution in [0.2, 0.25) is 0 Å². The molecule has 1 aliphatic heterocycles. The molecule has 0 radical (unpaired) electrons. The second-order valence-corrected chi connectivity index (χ2v) is 6.49. The highest BCUT2D eigenvalue weighted by Crippen LogP contribution is 2.29. The molecule has 1 atom stereocenters. The second kappa shape index (κ2) is 6.10. The van der Waals surface area contributed by atoms with Crippen LogP contribution in [0.4, 0.5) is 5.82 Å². The number of likely N-dealkylation sites (N-methyl/N-ethyl adjacent to an activating group) is 1. The first-order valence-corrected chi connectivity index (χ1v) is 8.11. The Morgan fingerprint density at radius 3 is 2.77 bits per heavy atom. The zero-order chi connectivity index (χ0) is 15.7. The summed E-state index contributed by atoms with van der Waals surface area (Å²) in [5, 5.41) is 0. The summed E-state index contributed by atoms with van der Waals surface area (Å²) in [6.07, 6.45) is 8.53. The van der Waals surface area contributed by atoms with Crippen LogP contribution in [-0.2, 0) is 11.8 Å². The van der Waals surface area contributed by atoms with Crippen LogP contribution < -0.4 is 10.5 Å². The summed E-state index contributed by atoms with van der Waals surface area (Å²) >= 11 is 0. The molecule has 6 heteroatoms. The van der Waals surface area contributed by atoms with Gasteiger partial charge in [0.25, 0.3) is 5.56 Å². The fraction of sp³-hybridized carbons (Fsp3) is 0.688. The number of nitrogens with zero attached hydrogens (tertiary/aromatic N) is 4. The molecule has 2 aliphatic rings. The van der Waals surface area contributed by atoms with Crippen LogP contribution in [0.3, 0.4) is 0 Å². The maximum atomic E-state index is 12.4. The normalized spacial score (nSPS) is 22.3. The molecular weight excluding hydrogens is 280 g/mol. The minimum Gasteiger partial charge on any atom is -0.350 e. The van der Waals surface area contributed by atoms with Gasteiger partial charge in [-0.05, 0) is 25.7 Å². The molecule has 0 aromatic carbocycles. The zero-order valence-electron chi connectivity index (χ0n) is 13.4. The van der Waals surface area contributed by atoms with E-state index >= 15 is 0 Å². The molecule has 1 aliphatic carbocycles. The number of carbonyl (C=O) groups is 1. The molecule has 1 amide bonds. The Morgan fingerprint density at radius 2 is 2.09 bits per heavy atom. The van der Waals surface area contributed by atoms with Gasteiger partial charge in [0, 0.05) is 51.5 Å². The predicted molar refractivity (Wildman–Crippen MR) is 84.8 cm³/mol. The van der Waals surface area contributed by atoms with Gasteiger partial charge in [-0.15, -0.1) is 0 Å². The number of aryl methyl sites for hydroxylation is 1. The molecule has 1 saturated heterocycles. The number of hydrogen-bond acceptors (Lipinski definition) is 4. The minimum atomic E-state index is -0.0730. The van der Waals surface area contributed by atoms with Crippen LogP contribution in [0.25, 0.3) is 0 Å². The molecular formula is C16H24N4O2. The van der Waals surface area contributed by atoms with Crippen molar-refractivity contribution < 1.29 is 4.79 Å². The van der Waals surface area contributed by atoms with Crippen LogP contribution >= 0.6 is 0 Å². The Balaban J connectivity index is 1.72. The van der Waals surface area contributed by atoms with Crippen LogP contribution in [-0.4, -0.2) is 46.5 Å². The van der Waals surface area contributed by atoms with E-state index in [0.29, 0.717) is 12.4 Å².